The van der Waals surface area contributed by atoms with Gasteiger partial charge in [0.1, 0.15) is 6.61 Å². The quantitative estimate of drug-likeness (QED) is 0.623. The largest absolute Gasteiger partial charge is 0.371 e. The van der Waals surface area contributed by atoms with Crippen LogP contribution in [0.1, 0.15) is 12.8 Å². The first-order valence-corrected chi connectivity index (χ1v) is 5.49. The van der Waals surface area contributed by atoms with Crippen LogP contribution in [-0.2, 0) is 9.53 Å². The summed E-state index contributed by atoms with van der Waals surface area (Å²) in [7, 11) is 0. The molecule has 0 aliphatic carbocycles. The van der Waals surface area contributed by atoms with Gasteiger partial charge in [-0.3, -0.25) is 4.79 Å². The molecule has 1 aliphatic heterocycles. The molecular weight excluding hydrogens is 192 g/mol. The normalized spacial score (nSPS) is 20.9. The number of carbonyl (C=O) groups excluding carboxylic acids is 1. The summed E-state index contributed by atoms with van der Waals surface area (Å²) >= 11 is 0. The third-order valence-electron chi connectivity index (χ3n) is 2.43. The second-order valence-corrected chi connectivity index (χ2v) is 3.82. The van der Waals surface area contributed by atoms with Gasteiger partial charge >= 0.3 is 0 Å². The number of rotatable bonds is 6. The molecule has 1 rings (SSSR count). The van der Waals surface area contributed by atoms with Gasteiger partial charge in [0, 0.05) is 13.1 Å². The highest BCUT2D eigenvalue weighted by molar-refractivity contribution is 5.77. The Kier molecular flexibility index (Phi) is 6.04. The molecule has 0 aromatic carbocycles. The summed E-state index contributed by atoms with van der Waals surface area (Å²) in [5.74, 6) is 0.490. The van der Waals surface area contributed by atoms with Crippen LogP contribution in [0.15, 0.2) is 12.7 Å². The Morgan fingerprint density at radius 1 is 1.67 bits per heavy atom. The van der Waals surface area contributed by atoms with Crippen LogP contribution in [0.2, 0.25) is 0 Å². The zero-order chi connectivity index (χ0) is 10.9. The molecule has 86 valence electrons. The van der Waals surface area contributed by atoms with E-state index in [1.54, 1.807) is 6.08 Å². The molecule has 0 radical (unpaired) electrons. The lowest BCUT2D eigenvalue weighted by Crippen LogP contribution is -2.34. The van der Waals surface area contributed by atoms with Gasteiger partial charge < -0.3 is 15.4 Å². The molecule has 2 N–H and O–H groups in total. The third-order valence-corrected chi connectivity index (χ3v) is 2.43. The first-order valence-electron chi connectivity index (χ1n) is 5.49. The average molecular weight is 212 g/mol. The van der Waals surface area contributed by atoms with E-state index >= 15 is 0 Å². The lowest BCUT2D eigenvalue weighted by Gasteiger charge is -2.22. The summed E-state index contributed by atoms with van der Waals surface area (Å²) in [6.45, 7) is 6.98. The van der Waals surface area contributed by atoms with Crippen LogP contribution in [-0.4, -0.2) is 38.8 Å². The zero-order valence-electron chi connectivity index (χ0n) is 9.13. The van der Waals surface area contributed by atoms with Gasteiger partial charge in [0.25, 0.3) is 0 Å². The van der Waals surface area contributed by atoms with Crippen LogP contribution in [0.4, 0.5) is 0 Å². The summed E-state index contributed by atoms with van der Waals surface area (Å²) in [6.07, 6.45) is 4.06. The Balaban J connectivity index is 1.99. The van der Waals surface area contributed by atoms with Crippen LogP contribution in [0.25, 0.3) is 0 Å². The fourth-order valence-electron chi connectivity index (χ4n) is 1.62. The van der Waals surface area contributed by atoms with E-state index in [9.17, 15) is 4.79 Å². The minimum atomic E-state index is -0.0707. The summed E-state index contributed by atoms with van der Waals surface area (Å²) in [4.78, 5) is 11.1. The molecule has 1 heterocycles. The van der Waals surface area contributed by atoms with Gasteiger partial charge in [0.2, 0.25) is 5.91 Å². The lowest BCUT2D eigenvalue weighted by atomic mass is 10.0. The predicted molar refractivity (Wildman–Crippen MR) is 59.6 cm³/mol. The van der Waals surface area contributed by atoms with Gasteiger partial charge in [-0.2, -0.15) is 0 Å². The fraction of sp³-hybridized carbons (Fsp3) is 0.727. The van der Waals surface area contributed by atoms with Crippen molar-refractivity contribution in [3.05, 3.63) is 12.7 Å². The Hall–Kier alpha value is -0.870. The topological polar surface area (TPSA) is 50.4 Å². The second-order valence-electron chi connectivity index (χ2n) is 3.82. The number of hydrogen-bond donors (Lipinski definition) is 2. The molecule has 1 aliphatic rings. The Bertz CT molecular complexity index is 201. The van der Waals surface area contributed by atoms with Gasteiger partial charge in [-0.15, -0.1) is 6.58 Å². The molecule has 1 fully saturated rings. The summed E-state index contributed by atoms with van der Waals surface area (Å²) < 4.78 is 5.35. The van der Waals surface area contributed by atoms with Crippen LogP contribution in [0, 0.1) is 5.92 Å². The highest BCUT2D eigenvalue weighted by Gasteiger charge is 2.13. The van der Waals surface area contributed by atoms with Crippen molar-refractivity contribution >= 4 is 5.91 Å². The number of carbonyl (C=O) groups is 1. The van der Waals surface area contributed by atoms with Gasteiger partial charge in [-0.25, -0.2) is 0 Å². The van der Waals surface area contributed by atoms with Crippen molar-refractivity contribution in [1.82, 2.24) is 10.6 Å². The van der Waals surface area contributed by atoms with E-state index in [-0.39, 0.29) is 12.5 Å². The molecule has 1 atom stereocenters. The Labute approximate surface area is 91.1 Å². The van der Waals surface area contributed by atoms with Gasteiger partial charge in [-0.1, -0.05) is 6.08 Å². The van der Waals surface area contributed by atoms with Gasteiger partial charge in [0.05, 0.1) is 6.61 Å². The predicted octanol–water partition coefficient (Wildman–Crippen LogP) is 0.305. The average Bonchev–Trinajstić information content (AvgIpc) is 2.28. The van der Waals surface area contributed by atoms with E-state index in [4.69, 9.17) is 4.74 Å². The number of ether oxygens (including phenoxy) is 1. The van der Waals surface area contributed by atoms with Gasteiger partial charge in [0.15, 0.2) is 0 Å². The standard InChI is InChI=1S/C11H20N2O2/c1-2-5-13-11(14)9-15-8-10-4-3-6-12-7-10/h2,10,12H,1,3-9H2,(H,13,14). The van der Waals surface area contributed by atoms with Crippen molar-refractivity contribution in [2.45, 2.75) is 12.8 Å². The first kappa shape index (κ1) is 12.2. The number of nitrogens with one attached hydrogen (secondary N) is 2. The monoisotopic (exact) mass is 212 g/mol. The number of amides is 1. The molecule has 0 saturated carbocycles. The summed E-state index contributed by atoms with van der Waals surface area (Å²) in [5, 5.41) is 5.99. The van der Waals surface area contributed by atoms with E-state index < -0.39 is 0 Å². The lowest BCUT2D eigenvalue weighted by molar-refractivity contribution is -0.126. The molecule has 4 nitrogen and oxygen atoms in total. The minimum absolute atomic E-state index is 0.0707. The maximum absolute atomic E-state index is 11.1. The molecule has 4 heteroatoms. The van der Waals surface area contributed by atoms with E-state index in [0.717, 1.165) is 13.1 Å². The Morgan fingerprint density at radius 3 is 3.20 bits per heavy atom. The second kappa shape index (κ2) is 7.43. The van der Waals surface area contributed by atoms with Gasteiger partial charge in [-0.05, 0) is 25.3 Å². The van der Waals surface area contributed by atoms with Crippen molar-refractivity contribution in [3.8, 4) is 0 Å². The maximum atomic E-state index is 11.1. The summed E-state index contributed by atoms with van der Waals surface area (Å²) in [6, 6.07) is 0. The molecule has 0 aromatic heterocycles. The zero-order valence-corrected chi connectivity index (χ0v) is 9.13. The SMILES string of the molecule is C=CCNC(=O)COCC1CCCNC1. The molecule has 1 amide bonds. The van der Waals surface area contributed by atoms with Crippen molar-refractivity contribution in [2.24, 2.45) is 5.92 Å². The molecule has 0 spiro atoms. The van der Waals surface area contributed by atoms with Crippen molar-refractivity contribution in [1.29, 1.82) is 0 Å². The van der Waals surface area contributed by atoms with Crippen LogP contribution >= 0.6 is 0 Å². The fourth-order valence-corrected chi connectivity index (χ4v) is 1.62. The highest BCUT2D eigenvalue weighted by Crippen LogP contribution is 2.09. The third kappa shape index (κ3) is 5.54. The Morgan fingerprint density at radius 2 is 2.53 bits per heavy atom. The van der Waals surface area contributed by atoms with E-state index in [1.165, 1.54) is 12.8 Å². The molecule has 1 unspecified atom stereocenters. The maximum Gasteiger partial charge on any atom is 0.246 e. The number of piperidine rings is 1. The molecule has 0 aromatic rings. The van der Waals surface area contributed by atoms with Crippen molar-refractivity contribution in [3.63, 3.8) is 0 Å². The van der Waals surface area contributed by atoms with E-state index in [1.807, 2.05) is 0 Å². The van der Waals surface area contributed by atoms with Crippen LogP contribution < -0.4 is 10.6 Å². The molecular formula is C11H20N2O2. The molecule has 1 saturated heterocycles. The van der Waals surface area contributed by atoms with Crippen LogP contribution in [0.5, 0.6) is 0 Å². The van der Waals surface area contributed by atoms with Crippen molar-refractivity contribution < 1.29 is 9.53 Å². The van der Waals surface area contributed by atoms with E-state index in [0.29, 0.717) is 19.1 Å². The van der Waals surface area contributed by atoms with Crippen LogP contribution in [0.3, 0.4) is 0 Å². The molecule has 15 heavy (non-hydrogen) atoms. The molecule has 0 bridgehead atoms. The van der Waals surface area contributed by atoms with E-state index in [2.05, 4.69) is 17.2 Å². The highest BCUT2D eigenvalue weighted by atomic mass is 16.5. The van der Waals surface area contributed by atoms with Crippen molar-refractivity contribution in [2.75, 3.05) is 32.8 Å². The minimum Gasteiger partial charge on any atom is -0.371 e. The number of hydrogen-bond acceptors (Lipinski definition) is 3. The smallest absolute Gasteiger partial charge is 0.246 e. The first-order chi connectivity index (χ1) is 7.33. The summed E-state index contributed by atoms with van der Waals surface area (Å²) in [5.41, 5.74) is 0.